The molecule has 2 heterocycles. The van der Waals surface area contributed by atoms with Crippen molar-refractivity contribution >= 4 is 26.0 Å². The number of halogens is 1. The topological polar surface area (TPSA) is 81.6 Å². The van der Waals surface area contributed by atoms with E-state index in [4.69, 9.17) is 9.47 Å². The zero-order valence-corrected chi connectivity index (χ0v) is 16.0. The number of rotatable bonds is 5. The summed E-state index contributed by atoms with van der Waals surface area (Å²) in [6.07, 6.45) is 4.17. The van der Waals surface area contributed by atoms with Gasteiger partial charge in [0.15, 0.2) is 0 Å². The van der Waals surface area contributed by atoms with Gasteiger partial charge in [0.25, 0.3) is 0 Å². The molecule has 9 heteroatoms. The Morgan fingerprint density at radius 3 is 2.64 bits per heavy atom. The van der Waals surface area contributed by atoms with Gasteiger partial charge in [0, 0.05) is 11.0 Å². The predicted octanol–water partition coefficient (Wildman–Crippen LogP) is 2.48. The summed E-state index contributed by atoms with van der Waals surface area (Å²) in [5.74, 6) is 0.680. The van der Waals surface area contributed by atoms with E-state index >= 15 is 0 Å². The van der Waals surface area contributed by atoms with Gasteiger partial charge in [-0.15, -0.1) is 0 Å². The molecule has 0 bridgehead atoms. The molecule has 1 aromatic heterocycles. The average Bonchev–Trinajstić information content (AvgIpc) is 2.62. The molecule has 25 heavy (non-hydrogen) atoms. The Morgan fingerprint density at radius 1 is 1.20 bits per heavy atom. The summed E-state index contributed by atoms with van der Waals surface area (Å²) < 4.78 is 38.7. The number of nitrogens with zero attached hydrogens (tertiary/aromatic N) is 3. The molecule has 1 unspecified atom stereocenters. The van der Waals surface area contributed by atoms with E-state index in [1.54, 1.807) is 24.3 Å². The van der Waals surface area contributed by atoms with E-state index in [-0.39, 0.29) is 17.5 Å². The van der Waals surface area contributed by atoms with Crippen LogP contribution < -0.4 is 9.47 Å². The highest BCUT2D eigenvalue weighted by atomic mass is 79.9. The van der Waals surface area contributed by atoms with Crippen molar-refractivity contribution in [1.82, 2.24) is 14.3 Å². The number of hydrogen-bond acceptors (Lipinski definition) is 6. The van der Waals surface area contributed by atoms with Crippen molar-refractivity contribution in [3.8, 4) is 11.8 Å². The van der Waals surface area contributed by atoms with Crippen molar-refractivity contribution in [3.63, 3.8) is 0 Å². The third-order valence-electron chi connectivity index (χ3n) is 3.88. The van der Waals surface area contributed by atoms with Crippen LogP contribution in [0.5, 0.6) is 11.8 Å². The van der Waals surface area contributed by atoms with Crippen molar-refractivity contribution in [1.29, 1.82) is 0 Å². The summed E-state index contributed by atoms with van der Waals surface area (Å²) in [5.41, 5.74) is 0. The lowest BCUT2D eigenvalue weighted by atomic mass is 10.1. The van der Waals surface area contributed by atoms with Gasteiger partial charge in [-0.2, -0.15) is 9.29 Å². The second kappa shape index (κ2) is 7.67. The molecule has 0 amide bonds. The highest BCUT2D eigenvalue weighted by Gasteiger charge is 2.31. The quantitative estimate of drug-likeness (QED) is 0.728. The van der Waals surface area contributed by atoms with Crippen LogP contribution in [-0.4, -0.2) is 49.0 Å². The lowest BCUT2D eigenvalue weighted by molar-refractivity contribution is 0.123. The van der Waals surface area contributed by atoms with E-state index < -0.39 is 10.0 Å². The molecule has 1 fully saturated rings. The van der Waals surface area contributed by atoms with E-state index in [1.807, 2.05) is 0 Å². The van der Waals surface area contributed by atoms with E-state index in [0.717, 1.165) is 17.3 Å². The van der Waals surface area contributed by atoms with Crippen molar-refractivity contribution in [3.05, 3.63) is 41.1 Å². The zero-order valence-electron chi connectivity index (χ0n) is 13.6. The van der Waals surface area contributed by atoms with Gasteiger partial charge in [0.05, 0.1) is 30.9 Å². The van der Waals surface area contributed by atoms with Crippen molar-refractivity contribution in [2.45, 2.75) is 23.8 Å². The predicted molar refractivity (Wildman–Crippen MR) is 95.1 cm³/mol. The van der Waals surface area contributed by atoms with Gasteiger partial charge in [0.2, 0.25) is 21.8 Å². The summed E-state index contributed by atoms with van der Waals surface area (Å²) in [7, 11) is -2.04. The molecule has 1 aromatic carbocycles. The first-order valence-electron chi connectivity index (χ1n) is 7.77. The van der Waals surface area contributed by atoms with Crippen LogP contribution >= 0.6 is 15.9 Å². The van der Waals surface area contributed by atoms with E-state index in [0.29, 0.717) is 18.3 Å². The Labute approximate surface area is 155 Å². The number of sulfonamides is 1. The van der Waals surface area contributed by atoms with E-state index in [9.17, 15) is 8.42 Å². The molecule has 1 aliphatic heterocycles. The van der Waals surface area contributed by atoms with E-state index in [1.165, 1.54) is 23.8 Å². The van der Waals surface area contributed by atoms with E-state index in [2.05, 4.69) is 25.9 Å². The highest BCUT2D eigenvalue weighted by Crippen LogP contribution is 2.24. The van der Waals surface area contributed by atoms with Crippen LogP contribution in [0, 0.1) is 0 Å². The molecule has 7 nitrogen and oxygen atoms in total. The van der Waals surface area contributed by atoms with Crippen LogP contribution in [-0.2, 0) is 10.0 Å². The third-order valence-corrected chi connectivity index (χ3v) is 6.29. The van der Waals surface area contributed by atoms with Crippen molar-refractivity contribution < 1.29 is 17.9 Å². The van der Waals surface area contributed by atoms with Crippen LogP contribution in [0.25, 0.3) is 0 Å². The second-order valence-corrected chi connectivity index (χ2v) is 8.45. The van der Waals surface area contributed by atoms with Gasteiger partial charge in [-0.3, -0.25) is 4.98 Å². The van der Waals surface area contributed by atoms with Crippen LogP contribution in [0.1, 0.15) is 12.8 Å². The molecule has 0 aliphatic carbocycles. The number of hydrogen-bond donors (Lipinski definition) is 0. The summed E-state index contributed by atoms with van der Waals surface area (Å²) in [6.45, 7) is 0.749. The van der Waals surface area contributed by atoms with Gasteiger partial charge in [0.1, 0.15) is 6.10 Å². The highest BCUT2D eigenvalue weighted by molar-refractivity contribution is 9.10. The molecular formula is C16H18BrN3O4S. The average molecular weight is 428 g/mol. The van der Waals surface area contributed by atoms with Crippen molar-refractivity contribution in [2.24, 2.45) is 0 Å². The zero-order chi connectivity index (χ0) is 17.9. The van der Waals surface area contributed by atoms with Crippen LogP contribution in [0.3, 0.4) is 0 Å². The minimum atomic E-state index is -3.55. The van der Waals surface area contributed by atoms with Crippen molar-refractivity contribution in [2.75, 3.05) is 20.2 Å². The summed E-state index contributed by atoms with van der Waals surface area (Å²) in [4.78, 5) is 8.43. The fourth-order valence-corrected chi connectivity index (χ4v) is 4.41. The van der Waals surface area contributed by atoms with Gasteiger partial charge in [-0.1, -0.05) is 15.9 Å². The maximum absolute atomic E-state index is 12.8. The Hall–Kier alpha value is -1.71. The Kier molecular flexibility index (Phi) is 5.55. The third kappa shape index (κ3) is 4.28. The number of benzene rings is 1. The van der Waals surface area contributed by atoms with Crippen LogP contribution in [0.4, 0.5) is 0 Å². The fourth-order valence-electron chi connectivity index (χ4n) is 2.63. The Morgan fingerprint density at radius 2 is 1.92 bits per heavy atom. The SMILES string of the molecule is COc1cncc(OC2CCCN(S(=O)(=O)c3ccc(Br)cc3)C2)n1. The first kappa shape index (κ1) is 18.1. The van der Waals surface area contributed by atoms with Gasteiger partial charge in [-0.25, -0.2) is 8.42 Å². The lowest BCUT2D eigenvalue weighted by Crippen LogP contribution is -2.44. The minimum Gasteiger partial charge on any atom is -0.480 e. The van der Waals surface area contributed by atoms with Gasteiger partial charge >= 0.3 is 0 Å². The lowest BCUT2D eigenvalue weighted by Gasteiger charge is -2.31. The largest absolute Gasteiger partial charge is 0.480 e. The number of piperidine rings is 1. The smallest absolute Gasteiger partial charge is 0.243 e. The molecule has 2 aromatic rings. The number of ether oxygens (including phenoxy) is 2. The minimum absolute atomic E-state index is 0.275. The molecular weight excluding hydrogens is 410 g/mol. The second-order valence-electron chi connectivity index (χ2n) is 5.60. The maximum Gasteiger partial charge on any atom is 0.243 e. The van der Waals surface area contributed by atoms with Crippen LogP contribution in [0.2, 0.25) is 0 Å². The molecule has 0 saturated carbocycles. The molecule has 0 radical (unpaired) electrons. The maximum atomic E-state index is 12.8. The molecule has 1 atom stereocenters. The Bertz CT molecular complexity index is 830. The monoisotopic (exact) mass is 427 g/mol. The summed E-state index contributed by atoms with van der Waals surface area (Å²) >= 11 is 3.32. The molecule has 0 spiro atoms. The molecule has 0 N–H and O–H groups in total. The molecule has 1 aliphatic rings. The van der Waals surface area contributed by atoms with Gasteiger partial charge < -0.3 is 9.47 Å². The fraction of sp³-hybridized carbons (Fsp3) is 0.375. The normalized spacial score (nSPS) is 18.7. The Balaban J connectivity index is 1.73. The van der Waals surface area contributed by atoms with Crippen LogP contribution in [0.15, 0.2) is 46.0 Å². The standard InChI is InChI=1S/C16H18BrN3O4S/c1-23-15-9-18-10-16(19-15)24-13-3-2-8-20(11-13)25(21,22)14-6-4-12(17)5-7-14/h4-7,9-10,13H,2-3,8,11H2,1H3. The summed E-state index contributed by atoms with van der Waals surface area (Å²) in [5, 5.41) is 0. The first-order valence-corrected chi connectivity index (χ1v) is 10.0. The van der Waals surface area contributed by atoms with Gasteiger partial charge in [-0.05, 0) is 37.1 Å². The molecule has 3 rings (SSSR count). The molecule has 134 valence electrons. The number of aromatic nitrogens is 2. The summed E-state index contributed by atoms with van der Waals surface area (Å²) in [6, 6.07) is 6.63. The first-order chi connectivity index (χ1) is 12.0. The number of methoxy groups -OCH3 is 1. The molecule has 1 saturated heterocycles.